The van der Waals surface area contributed by atoms with Crippen LogP contribution in [0.1, 0.15) is 24.8 Å². The first-order valence-corrected chi connectivity index (χ1v) is 7.93. The molecule has 2 aromatic rings. The Hall–Kier alpha value is -1.72. The van der Waals surface area contributed by atoms with Crippen LogP contribution in [0.2, 0.25) is 0 Å². The zero-order chi connectivity index (χ0) is 15.4. The summed E-state index contributed by atoms with van der Waals surface area (Å²) < 4.78 is 13.0. The van der Waals surface area contributed by atoms with Crippen molar-refractivity contribution >= 4 is 0 Å². The zero-order valence-electron chi connectivity index (χ0n) is 13.0. The second kappa shape index (κ2) is 7.03. The summed E-state index contributed by atoms with van der Waals surface area (Å²) in [6, 6.07) is 7.22. The van der Waals surface area contributed by atoms with Gasteiger partial charge in [-0.05, 0) is 63.7 Å². The number of hydrogen-bond donors (Lipinski definition) is 2. The molecular formula is C17H23FN4. The highest BCUT2D eigenvalue weighted by Crippen LogP contribution is 2.21. The highest BCUT2D eigenvalue weighted by atomic mass is 19.1. The summed E-state index contributed by atoms with van der Waals surface area (Å²) in [6.45, 7) is 3.00. The monoisotopic (exact) mass is 302 g/mol. The van der Waals surface area contributed by atoms with Crippen molar-refractivity contribution in [1.29, 1.82) is 0 Å². The Balaban J connectivity index is 1.53. The van der Waals surface area contributed by atoms with Crippen molar-refractivity contribution in [2.75, 3.05) is 20.1 Å². The summed E-state index contributed by atoms with van der Waals surface area (Å²) in [5.74, 6) is -0.219. The van der Waals surface area contributed by atoms with Gasteiger partial charge in [0, 0.05) is 23.7 Å². The minimum atomic E-state index is -0.219. The number of halogens is 1. The minimum Gasteiger partial charge on any atom is -0.312 e. The molecule has 4 nitrogen and oxygen atoms in total. The van der Waals surface area contributed by atoms with E-state index in [9.17, 15) is 4.39 Å². The van der Waals surface area contributed by atoms with E-state index in [1.54, 1.807) is 12.1 Å². The number of rotatable bonds is 6. The molecule has 22 heavy (non-hydrogen) atoms. The maximum Gasteiger partial charge on any atom is 0.123 e. The Kier molecular flexibility index (Phi) is 4.85. The Morgan fingerprint density at radius 3 is 2.91 bits per heavy atom. The van der Waals surface area contributed by atoms with Gasteiger partial charge < -0.3 is 10.2 Å². The summed E-state index contributed by atoms with van der Waals surface area (Å²) in [5.41, 5.74) is 3.04. The molecule has 0 aliphatic carbocycles. The molecule has 1 fully saturated rings. The predicted molar refractivity (Wildman–Crippen MR) is 86.0 cm³/mol. The van der Waals surface area contributed by atoms with Gasteiger partial charge in [0.2, 0.25) is 0 Å². The second-order valence-electron chi connectivity index (χ2n) is 6.02. The van der Waals surface area contributed by atoms with E-state index in [1.165, 1.54) is 37.9 Å². The SMILES string of the molecule is CN1CCC[C@H]1CCNCc1cn[nH]c1-c1ccc(F)cc1. The lowest BCUT2D eigenvalue weighted by atomic mass is 10.1. The topological polar surface area (TPSA) is 44.0 Å². The van der Waals surface area contributed by atoms with E-state index in [0.29, 0.717) is 6.04 Å². The van der Waals surface area contributed by atoms with Gasteiger partial charge in [0.05, 0.1) is 11.9 Å². The van der Waals surface area contributed by atoms with Gasteiger partial charge in [0.25, 0.3) is 0 Å². The molecule has 2 N–H and O–H groups in total. The average Bonchev–Trinajstić information content (AvgIpc) is 3.14. The fourth-order valence-electron chi connectivity index (χ4n) is 3.15. The van der Waals surface area contributed by atoms with E-state index >= 15 is 0 Å². The van der Waals surface area contributed by atoms with E-state index in [4.69, 9.17) is 0 Å². The largest absolute Gasteiger partial charge is 0.312 e. The molecule has 0 unspecified atom stereocenters. The summed E-state index contributed by atoms with van der Waals surface area (Å²) in [7, 11) is 2.21. The standard InChI is InChI=1S/C17H23FN4/c1-22-10-2-3-16(22)8-9-19-11-14-12-20-21-17(14)13-4-6-15(18)7-5-13/h4-7,12,16,19H,2-3,8-11H2,1H3,(H,20,21)/t16-/m0/s1. The molecule has 1 aromatic heterocycles. The number of likely N-dealkylation sites (tertiary alicyclic amines) is 1. The fraction of sp³-hybridized carbons (Fsp3) is 0.471. The smallest absolute Gasteiger partial charge is 0.123 e. The highest BCUT2D eigenvalue weighted by Gasteiger charge is 2.19. The van der Waals surface area contributed by atoms with Crippen molar-refractivity contribution in [2.45, 2.75) is 31.8 Å². The van der Waals surface area contributed by atoms with Crippen LogP contribution in [0, 0.1) is 5.82 Å². The molecule has 1 aliphatic rings. The number of hydrogen-bond acceptors (Lipinski definition) is 3. The third kappa shape index (κ3) is 3.54. The van der Waals surface area contributed by atoms with Gasteiger partial charge in [-0.3, -0.25) is 5.10 Å². The van der Waals surface area contributed by atoms with E-state index < -0.39 is 0 Å². The van der Waals surface area contributed by atoms with Crippen LogP contribution in [-0.4, -0.2) is 41.3 Å². The maximum atomic E-state index is 13.0. The predicted octanol–water partition coefficient (Wildman–Crippen LogP) is 2.79. The molecule has 5 heteroatoms. The normalized spacial score (nSPS) is 18.9. The van der Waals surface area contributed by atoms with Gasteiger partial charge in [-0.1, -0.05) is 0 Å². The first-order valence-electron chi connectivity index (χ1n) is 7.93. The van der Waals surface area contributed by atoms with E-state index in [0.717, 1.165) is 29.9 Å². The molecule has 1 saturated heterocycles. The zero-order valence-corrected chi connectivity index (χ0v) is 13.0. The third-order valence-corrected chi connectivity index (χ3v) is 4.49. The number of aromatic nitrogens is 2. The van der Waals surface area contributed by atoms with Crippen LogP contribution >= 0.6 is 0 Å². The molecule has 0 bridgehead atoms. The molecule has 0 amide bonds. The molecule has 1 atom stereocenters. The number of H-pyrrole nitrogens is 1. The number of nitrogens with zero attached hydrogens (tertiary/aromatic N) is 2. The Labute approximate surface area is 130 Å². The fourth-order valence-corrected chi connectivity index (χ4v) is 3.15. The van der Waals surface area contributed by atoms with Gasteiger partial charge in [0.15, 0.2) is 0 Å². The van der Waals surface area contributed by atoms with Crippen LogP contribution in [0.25, 0.3) is 11.3 Å². The van der Waals surface area contributed by atoms with Gasteiger partial charge in [-0.15, -0.1) is 0 Å². The van der Waals surface area contributed by atoms with Crippen molar-refractivity contribution < 1.29 is 4.39 Å². The number of benzene rings is 1. The molecular weight excluding hydrogens is 279 g/mol. The van der Waals surface area contributed by atoms with Crippen molar-refractivity contribution in [2.24, 2.45) is 0 Å². The second-order valence-corrected chi connectivity index (χ2v) is 6.02. The van der Waals surface area contributed by atoms with Crippen LogP contribution < -0.4 is 5.32 Å². The Bertz CT molecular complexity index is 593. The maximum absolute atomic E-state index is 13.0. The summed E-state index contributed by atoms with van der Waals surface area (Å²) in [6.07, 6.45) is 5.65. The van der Waals surface area contributed by atoms with Crippen LogP contribution in [0.5, 0.6) is 0 Å². The van der Waals surface area contributed by atoms with Crippen molar-refractivity contribution in [3.63, 3.8) is 0 Å². The molecule has 1 aliphatic heterocycles. The molecule has 1 aromatic carbocycles. The third-order valence-electron chi connectivity index (χ3n) is 4.49. The van der Waals surface area contributed by atoms with Gasteiger partial charge in [0.1, 0.15) is 5.82 Å². The number of nitrogens with one attached hydrogen (secondary N) is 2. The quantitative estimate of drug-likeness (QED) is 0.807. The van der Waals surface area contributed by atoms with Crippen LogP contribution in [-0.2, 0) is 6.54 Å². The van der Waals surface area contributed by atoms with Crippen molar-refractivity contribution in [3.05, 3.63) is 41.8 Å². The first-order chi connectivity index (χ1) is 10.7. The first kappa shape index (κ1) is 15.2. The Morgan fingerprint density at radius 2 is 2.18 bits per heavy atom. The Morgan fingerprint density at radius 1 is 1.36 bits per heavy atom. The van der Waals surface area contributed by atoms with Crippen LogP contribution in [0.15, 0.2) is 30.5 Å². The van der Waals surface area contributed by atoms with Crippen LogP contribution in [0.4, 0.5) is 4.39 Å². The molecule has 0 radical (unpaired) electrons. The minimum absolute atomic E-state index is 0.219. The van der Waals surface area contributed by atoms with Gasteiger partial charge in [-0.25, -0.2) is 4.39 Å². The lowest BCUT2D eigenvalue weighted by Gasteiger charge is -2.19. The van der Waals surface area contributed by atoms with E-state index in [-0.39, 0.29) is 5.82 Å². The van der Waals surface area contributed by atoms with E-state index in [1.807, 2.05) is 6.20 Å². The molecule has 0 saturated carbocycles. The highest BCUT2D eigenvalue weighted by molar-refractivity contribution is 5.62. The van der Waals surface area contributed by atoms with Crippen molar-refractivity contribution in [1.82, 2.24) is 20.4 Å². The van der Waals surface area contributed by atoms with Crippen molar-refractivity contribution in [3.8, 4) is 11.3 Å². The molecule has 2 heterocycles. The summed E-state index contributed by atoms with van der Waals surface area (Å²) in [4.78, 5) is 2.45. The summed E-state index contributed by atoms with van der Waals surface area (Å²) >= 11 is 0. The lowest BCUT2D eigenvalue weighted by molar-refractivity contribution is 0.293. The summed E-state index contributed by atoms with van der Waals surface area (Å²) in [5, 5.41) is 10.6. The lowest BCUT2D eigenvalue weighted by Crippen LogP contribution is -2.29. The average molecular weight is 302 g/mol. The van der Waals surface area contributed by atoms with E-state index in [2.05, 4.69) is 27.5 Å². The molecule has 3 rings (SSSR count). The molecule has 0 spiro atoms. The van der Waals surface area contributed by atoms with Gasteiger partial charge >= 0.3 is 0 Å². The number of aromatic amines is 1. The molecule has 118 valence electrons. The van der Waals surface area contributed by atoms with Gasteiger partial charge in [-0.2, -0.15) is 5.10 Å². The van der Waals surface area contributed by atoms with Crippen LogP contribution in [0.3, 0.4) is 0 Å².